The lowest BCUT2D eigenvalue weighted by molar-refractivity contribution is -0.135. The van der Waals surface area contributed by atoms with Crippen LogP contribution in [-0.2, 0) is 16.2 Å². The fourth-order valence-electron chi connectivity index (χ4n) is 3.62. The molecule has 3 amide bonds. The van der Waals surface area contributed by atoms with Gasteiger partial charge < -0.3 is 14.4 Å². The second kappa shape index (κ2) is 9.91. The zero-order chi connectivity index (χ0) is 22.5. The molecule has 7 nitrogen and oxygen atoms in total. The molecule has 0 bridgehead atoms. The fourth-order valence-corrected chi connectivity index (χ4v) is 4.46. The van der Waals surface area contributed by atoms with Crippen molar-refractivity contribution in [1.29, 1.82) is 0 Å². The minimum atomic E-state index is -0.449. The highest BCUT2D eigenvalue weighted by Gasteiger charge is 2.37. The van der Waals surface area contributed by atoms with Gasteiger partial charge in [-0.2, -0.15) is 0 Å². The predicted octanol–water partition coefficient (Wildman–Crippen LogP) is 3.93. The topological polar surface area (TPSA) is 76.2 Å². The van der Waals surface area contributed by atoms with Crippen LogP contribution in [0.5, 0.6) is 11.5 Å². The van der Waals surface area contributed by atoms with E-state index in [1.165, 1.54) is 0 Å². The number of benzene rings is 2. The first-order valence-electron chi connectivity index (χ1n) is 10.4. The smallest absolute Gasteiger partial charge is 0.294 e. The van der Waals surface area contributed by atoms with Crippen LogP contribution in [0, 0.1) is 0 Å². The van der Waals surface area contributed by atoms with E-state index < -0.39 is 11.1 Å². The summed E-state index contributed by atoms with van der Waals surface area (Å²) in [5.74, 6) is 0.471. The summed E-state index contributed by atoms with van der Waals surface area (Å²) in [6.45, 7) is 1.52. The zero-order valence-corrected chi connectivity index (χ0v) is 18.6. The molecule has 2 heterocycles. The van der Waals surface area contributed by atoms with Crippen LogP contribution in [-0.4, -0.2) is 53.6 Å². The quantitative estimate of drug-likeness (QED) is 0.593. The van der Waals surface area contributed by atoms with Crippen LogP contribution in [0.3, 0.4) is 0 Å². The Morgan fingerprint density at radius 1 is 1.06 bits per heavy atom. The molecular formula is C24H24N2O5S. The number of hydrogen-bond acceptors (Lipinski definition) is 6. The lowest BCUT2D eigenvalue weighted by Crippen LogP contribution is -2.40. The van der Waals surface area contributed by atoms with E-state index in [-0.39, 0.29) is 17.4 Å². The molecule has 0 aliphatic carbocycles. The highest BCUT2D eigenvalue weighted by molar-refractivity contribution is 8.18. The average molecular weight is 453 g/mol. The Kier molecular flexibility index (Phi) is 6.80. The van der Waals surface area contributed by atoms with Crippen LogP contribution in [0.1, 0.15) is 24.0 Å². The summed E-state index contributed by atoms with van der Waals surface area (Å²) >= 11 is 0.843. The molecule has 2 aromatic rings. The van der Waals surface area contributed by atoms with Crippen LogP contribution >= 0.6 is 11.8 Å². The Bertz CT molecular complexity index is 1050. The van der Waals surface area contributed by atoms with E-state index in [9.17, 15) is 14.4 Å². The van der Waals surface area contributed by atoms with Crippen molar-refractivity contribution in [3.05, 3.63) is 64.6 Å². The van der Waals surface area contributed by atoms with Gasteiger partial charge in [0.2, 0.25) is 5.91 Å². The normalized spacial score (nSPS) is 17.3. The van der Waals surface area contributed by atoms with Crippen molar-refractivity contribution >= 4 is 34.9 Å². The maximum absolute atomic E-state index is 12.8. The van der Waals surface area contributed by atoms with E-state index >= 15 is 0 Å². The molecule has 166 valence electrons. The number of amides is 3. The Morgan fingerprint density at radius 2 is 1.81 bits per heavy atom. The molecule has 0 radical (unpaired) electrons. The minimum Gasteiger partial charge on any atom is -0.493 e. The summed E-state index contributed by atoms with van der Waals surface area (Å²) in [4.78, 5) is 40.5. The Morgan fingerprint density at radius 3 is 2.53 bits per heavy atom. The van der Waals surface area contributed by atoms with Crippen LogP contribution in [0.25, 0.3) is 6.08 Å². The number of ether oxygens (including phenoxy) is 2. The molecule has 0 unspecified atom stereocenters. The van der Waals surface area contributed by atoms with Crippen LogP contribution in [0.4, 0.5) is 4.79 Å². The van der Waals surface area contributed by atoms with Crippen molar-refractivity contribution < 1.29 is 23.9 Å². The lowest BCUT2D eigenvalue weighted by Gasteiger charge is -2.18. The average Bonchev–Trinajstić information content (AvgIpc) is 3.44. The lowest BCUT2D eigenvalue weighted by atomic mass is 10.1. The molecule has 0 N–H and O–H groups in total. The van der Waals surface area contributed by atoms with Crippen LogP contribution in [0.15, 0.2) is 53.4 Å². The molecule has 2 aliphatic rings. The van der Waals surface area contributed by atoms with Gasteiger partial charge in [0.05, 0.1) is 12.0 Å². The van der Waals surface area contributed by atoms with Gasteiger partial charge in [-0.25, -0.2) is 0 Å². The molecule has 0 atom stereocenters. The summed E-state index contributed by atoms with van der Waals surface area (Å²) < 4.78 is 11.3. The van der Waals surface area contributed by atoms with E-state index in [2.05, 4.69) is 0 Å². The van der Waals surface area contributed by atoms with Gasteiger partial charge in [0.15, 0.2) is 11.5 Å². The molecule has 4 rings (SSSR count). The first-order chi connectivity index (χ1) is 15.5. The molecule has 32 heavy (non-hydrogen) atoms. The highest BCUT2D eigenvalue weighted by Crippen LogP contribution is 2.35. The number of hydrogen-bond donors (Lipinski definition) is 0. The van der Waals surface area contributed by atoms with E-state index in [1.54, 1.807) is 36.3 Å². The second-order valence-corrected chi connectivity index (χ2v) is 8.53. The highest BCUT2D eigenvalue weighted by atomic mass is 32.2. The van der Waals surface area contributed by atoms with Crippen molar-refractivity contribution in [3.63, 3.8) is 0 Å². The van der Waals surface area contributed by atoms with Crippen molar-refractivity contribution in [2.24, 2.45) is 0 Å². The summed E-state index contributed by atoms with van der Waals surface area (Å²) in [5, 5.41) is -0.428. The second-order valence-electron chi connectivity index (χ2n) is 7.54. The molecule has 2 aromatic carbocycles. The maximum Gasteiger partial charge on any atom is 0.294 e. The minimum absolute atomic E-state index is 0.188. The largest absolute Gasteiger partial charge is 0.493 e. The number of thioether (sulfide) groups is 1. The van der Waals surface area contributed by atoms with E-state index in [1.807, 2.05) is 30.3 Å². The number of methoxy groups -OCH3 is 1. The molecular weight excluding hydrogens is 428 g/mol. The van der Waals surface area contributed by atoms with Crippen LogP contribution < -0.4 is 9.47 Å². The van der Waals surface area contributed by atoms with E-state index in [0.29, 0.717) is 36.8 Å². The number of nitrogens with zero attached hydrogens (tertiary/aromatic N) is 2. The number of likely N-dealkylation sites (tertiary alicyclic amines) is 1. The molecule has 8 heteroatoms. The Labute approximate surface area is 191 Å². The molecule has 0 aromatic heterocycles. The number of carbonyl (C=O) groups is 3. The van der Waals surface area contributed by atoms with Crippen LogP contribution in [0.2, 0.25) is 0 Å². The van der Waals surface area contributed by atoms with Crippen molar-refractivity contribution in [2.45, 2.75) is 19.4 Å². The molecule has 2 saturated heterocycles. The summed E-state index contributed by atoms with van der Waals surface area (Å²) in [5.41, 5.74) is 1.72. The monoisotopic (exact) mass is 452 g/mol. The molecule has 2 aliphatic heterocycles. The Balaban J connectivity index is 1.48. The zero-order valence-electron chi connectivity index (χ0n) is 17.8. The van der Waals surface area contributed by atoms with Gasteiger partial charge in [-0.3, -0.25) is 19.3 Å². The third-order valence-corrected chi connectivity index (χ3v) is 6.26. The summed E-state index contributed by atoms with van der Waals surface area (Å²) in [6, 6.07) is 15.1. The fraction of sp³-hybridized carbons (Fsp3) is 0.292. The van der Waals surface area contributed by atoms with Crippen molar-refractivity contribution in [3.8, 4) is 11.5 Å². The van der Waals surface area contributed by atoms with Gasteiger partial charge >= 0.3 is 0 Å². The van der Waals surface area contributed by atoms with Gasteiger partial charge in [0, 0.05) is 13.1 Å². The number of carbonyl (C=O) groups excluding carboxylic acids is 3. The molecule has 2 fully saturated rings. The summed E-state index contributed by atoms with van der Waals surface area (Å²) in [7, 11) is 1.56. The number of rotatable bonds is 7. The standard InChI is InChI=1S/C24H24N2O5S/c1-30-19-10-9-18(13-20(19)31-16-17-7-3-2-4-8-17)14-21-23(28)26(24(29)32-21)15-22(27)25-11-5-6-12-25/h2-4,7-10,13-14H,5-6,11-12,15-16H2,1H3/b21-14+. The SMILES string of the molecule is COc1ccc(/C=C2/SC(=O)N(CC(=O)N3CCCC3)C2=O)cc1OCc1ccccc1. The van der Waals surface area contributed by atoms with Crippen molar-refractivity contribution in [1.82, 2.24) is 9.80 Å². The van der Waals surface area contributed by atoms with Crippen molar-refractivity contribution in [2.75, 3.05) is 26.7 Å². The maximum atomic E-state index is 12.8. The molecule has 0 saturated carbocycles. The summed E-state index contributed by atoms with van der Waals surface area (Å²) in [6.07, 6.45) is 3.55. The van der Waals surface area contributed by atoms with Gasteiger partial charge in [-0.15, -0.1) is 0 Å². The van der Waals surface area contributed by atoms with Gasteiger partial charge in [0.1, 0.15) is 13.2 Å². The van der Waals surface area contributed by atoms with E-state index in [4.69, 9.17) is 9.47 Å². The first-order valence-corrected chi connectivity index (χ1v) is 11.2. The molecule has 0 spiro atoms. The van der Waals surface area contributed by atoms with E-state index in [0.717, 1.165) is 35.1 Å². The van der Waals surface area contributed by atoms with Gasteiger partial charge in [-0.05, 0) is 53.9 Å². The third kappa shape index (κ3) is 4.96. The van der Waals surface area contributed by atoms with Gasteiger partial charge in [0.25, 0.3) is 11.1 Å². The predicted molar refractivity (Wildman–Crippen MR) is 122 cm³/mol. The first kappa shape index (κ1) is 22.0. The number of imide groups is 1. The Hall–Kier alpha value is -3.26. The van der Waals surface area contributed by atoms with Gasteiger partial charge in [-0.1, -0.05) is 36.4 Å². The third-order valence-electron chi connectivity index (χ3n) is 5.35.